The lowest BCUT2D eigenvalue weighted by molar-refractivity contribution is 0.151. The molecule has 0 aliphatic heterocycles. The van der Waals surface area contributed by atoms with Crippen molar-refractivity contribution >= 4 is 0 Å². The Morgan fingerprint density at radius 1 is 1.29 bits per heavy atom. The quantitative estimate of drug-likeness (QED) is 0.853. The minimum atomic E-state index is -2.50. The van der Waals surface area contributed by atoms with E-state index in [4.69, 9.17) is 5.26 Å². The molecule has 2 nitrogen and oxygen atoms in total. The number of hydrogen-bond acceptors (Lipinski definition) is 2. The summed E-state index contributed by atoms with van der Waals surface area (Å²) in [5, 5.41) is 12.1. The van der Waals surface area contributed by atoms with Crippen molar-refractivity contribution in [2.24, 2.45) is 5.92 Å². The molecule has 0 fully saturated rings. The Bertz CT molecular complexity index is 397. The van der Waals surface area contributed by atoms with Crippen molar-refractivity contribution in [2.45, 2.75) is 26.3 Å². The van der Waals surface area contributed by atoms with E-state index in [0.717, 1.165) is 0 Å². The molecule has 0 heterocycles. The van der Waals surface area contributed by atoms with E-state index in [-0.39, 0.29) is 5.56 Å². The van der Waals surface area contributed by atoms with E-state index in [2.05, 4.69) is 11.4 Å². The highest BCUT2D eigenvalue weighted by Crippen LogP contribution is 2.22. The first-order chi connectivity index (χ1) is 8.04. The summed E-state index contributed by atoms with van der Waals surface area (Å²) in [7, 11) is 0. The van der Waals surface area contributed by atoms with Gasteiger partial charge >= 0.3 is 0 Å². The minimum Gasteiger partial charge on any atom is -0.298 e. The van der Waals surface area contributed by atoms with E-state index in [1.54, 1.807) is 12.1 Å². The van der Waals surface area contributed by atoms with Crippen LogP contribution in [0.2, 0.25) is 0 Å². The van der Waals surface area contributed by atoms with E-state index in [1.165, 1.54) is 12.1 Å². The number of hydrogen-bond donors (Lipinski definition) is 1. The van der Waals surface area contributed by atoms with Crippen LogP contribution in [0, 0.1) is 17.2 Å². The molecule has 1 aromatic carbocycles. The maximum atomic E-state index is 12.5. The van der Waals surface area contributed by atoms with Crippen molar-refractivity contribution in [3.8, 4) is 6.07 Å². The second-order valence-electron chi connectivity index (χ2n) is 4.34. The molecule has 0 aliphatic rings. The molecule has 17 heavy (non-hydrogen) atoms. The summed E-state index contributed by atoms with van der Waals surface area (Å²) in [6, 6.07) is 7.54. The maximum Gasteiger partial charge on any atom is 0.263 e. The fourth-order valence-electron chi connectivity index (χ4n) is 1.47. The summed E-state index contributed by atoms with van der Waals surface area (Å²) < 4.78 is 25.1. The molecule has 92 valence electrons. The molecule has 0 aliphatic carbocycles. The number of nitriles is 1. The first kappa shape index (κ1) is 13.6. The zero-order chi connectivity index (χ0) is 12.8. The highest BCUT2D eigenvalue weighted by molar-refractivity contribution is 5.29. The van der Waals surface area contributed by atoms with E-state index >= 15 is 0 Å². The fraction of sp³-hybridized carbons (Fsp3) is 0.462. The third-order valence-electron chi connectivity index (χ3n) is 2.36. The predicted octanol–water partition coefficient (Wildman–Crippen LogP) is 3.43. The van der Waals surface area contributed by atoms with Gasteiger partial charge in [-0.3, -0.25) is 5.32 Å². The van der Waals surface area contributed by atoms with E-state index in [1.807, 2.05) is 13.8 Å². The number of halogens is 2. The van der Waals surface area contributed by atoms with Gasteiger partial charge in [-0.2, -0.15) is 5.26 Å². The normalized spacial score (nSPS) is 12.8. The molecule has 0 amide bonds. The number of benzene rings is 1. The summed E-state index contributed by atoms with van der Waals surface area (Å²) in [6.07, 6.45) is -2.50. The molecule has 0 spiro atoms. The van der Waals surface area contributed by atoms with Gasteiger partial charge in [0.05, 0.1) is 6.07 Å². The van der Waals surface area contributed by atoms with Crippen LogP contribution in [0.3, 0.4) is 0 Å². The standard InChI is InChI=1S/C13H16F2N2/c1-9(2)8-17-12(7-16)10-4-3-5-11(6-10)13(14)15/h3-6,9,12-13,17H,8H2,1-2H3. The van der Waals surface area contributed by atoms with Gasteiger partial charge in [-0.15, -0.1) is 0 Å². The monoisotopic (exact) mass is 238 g/mol. The molecule has 1 rings (SSSR count). The lowest BCUT2D eigenvalue weighted by atomic mass is 10.0. The van der Waals surface area contributed by atoms with E-state index in [9.17, 15) is 8.78 Å². The van der Waals surface area contributed by atoms with Gasteiger partial charge in [-0.05, 0) is 24.1 Å². The number of alkyl halides is 2. The number of nitrogens with one attached hydrogen (secondary N) is 1. The molecule has 4 heteroatoms. The summed E-state index contributed by atoms with van der Waals surface area (Å²) in [6.45, 7) is 4.73. The van der Waals surface area contributed by atoms with Crippen LogP contribution in [0.25, 0.3) is 0 Å². The van der Waals surface area contributed by atoms with Crippen molar-refractivity contribution in [3.63, 3.8) is 0 Å². The molecule has 1 unspecified atom stereocenters. The van der Waals surface area contributed by atoms with E-state index < -0.39 is 12.5 Å². The molecule has 0 radical (unpaired) electrons. The van der Waals surface area contributed by atoms with Crippen molar-refractivity contribution in [1.29, 1.82) is 5.26 Å². The second-order valence-corrected chi connectivity index (χ2v) is 4.34. The highest BCUT2D eigenvalue weighted by atomic mass is 19.3. The minimum absolute atomic E-state index is 0.0471. The van der Waals surface area contributed by atoms with Crippen molar-refractivity contribution in [3.05, 3.63) is 35.4 Å². The highest BCUT2D eigenvalue weighted by Gasteiger charge is 2.13. The van der Waals surface area contributed by atoms with E-state index in [0.29, 0.717) is 18.0 Å². The second kappa shape index (κ2) is 6.31. The molecule has 0 bridgehead atoms. The van der Waals surface area contributed by atoms with Gasteiger partial charge < -0.3 is 0 Å². The lowest BCUT2D eigenvalue weighted by Crippen LogP contribution is -2.24. The summed E-state index contributed by atoms with van der Waals surface area (Å²) in [5.41, 5.74) is 0.542. The van der Waals surface area contributed by atoms with Crippen molar-refractivity contribution < 1.29 is 8.78 Å². The molecule has 1 N–H and O–H groups in total. The molecular formula is C13H16F2N2. The van der Waals surface area contributed by atoms with Crippen LogP contribution in [-0.2, 0) is 0 Å². The molecule has 0 aromatic heterocycles. The van der Waals surface area contributed by atoms with Crippen molar-refractivity contribution in [1.82, 2.24) is 5.32 Å². The number of nitrogens with zero attached hydrogens (tertiary/aromatic N) is 1. The van der Waals surface area contributed by atoms with Crippen LogP contribution in [-0.4, -0.2) is 6.54 Å². The molecule has 1 atom stereocenters. The van der Waals surface area contributed by atoms with Gasteiger partial charge in [0.25, 0.3) is 6.43 Å². The van der Waals surface area contributed by atoms with Gasteiger partial charge in [0.1, 0.15) is 6.04 Å². The largest absolute Gasteiger partial charge is 0.298 e. The average molecular weight is 238 g/mol. The predicted molar refractivity (Wildman–Crippen MR) is 62.6 cm³/mol. The Morgan fingerprint density at radius 3 is 2.47 bits per heavy atom. The smallest absolute Gasteiger partial charge is 0.263 e. The Morgan fingerprint density at radius 2 is 1.94 bits per heavy atom. The van der Waals surface area contributed by atoms with Crippen LogP contribution in [0.5, 0.6) is 0 Å². The molecule has 0 saturated heterocycles. The van der Waals surface area contributed by atoms with Gasteiger partial charge in [-0.25, -0.2) is 8.78 Å². The average Bonchev–Trinajstić information content (AvgIpc) is 2.30. The molecule has 0 saturated carbocycles. The number of rotatable bonds is 5. The van der Waals surface area contributed by atoms with Gasteiger partial charge in [0.2, 0.25) is 0 Å². The Hall–Kier alpha value is -1.47. The van der Waals surface area contributed by atoms with Crippen LogP contribution in [0.15, 0.2) is 24.3 Å². The summed E-state index contributed by atoms with van der Waals surface area (Å²) >= 11 is 0. The van der Waals surface area contributed by atoms with Crippen LogP contribution in [0.1, 0.15) is 37.4 Å². The van der Waals surface area contributed by atoms with Gasteiger partial charge in [0.15, 0.2) is 0 Å². The third kappa shape index (κ3) is 4.12. The van der Waals surface area contributed by atoms with Gasteiger partial charge in [-0.1, -0.05) is 32.0 Å². The summed E-state index contributed by atoms with van der Waals surface area (Å²) in [5.74, 6) is 0.407. The zero-order valence-corrected chi connectivity index (χ0v) is 9.95. The Kier molecular flexibility index (Phi) is 5.05. The fourth-order valence-corrected chi connectivity index (χ4v) is 1.47. The SMILES string of the molecule is CC(C)CNC(C#N)c1cccc(C(F)F)c1. The van der Waals surface area contributed by atoms with Gasteiger partial charge in [0, 0.05) is 5.56 Å². The van der Waals surface area contributed by atoms with Crippen LogP contribution in [0.4, 0.5) is 8.78 Å². The maximum absolute atomic E-state index is 12.5. The molecular weight excluding hydrogens is 222 g/mol. The third-order valence-corrected chi connectivity index (χ3v) is 2.36. The first-order valence-electron chi connectivity index (χ1n) is 5.55. The van der Waals surface area contributed by atoms with Crippen LogP contribution < -0.4 is 5.32 Å². The Labute approximate surface area is 100 Å². The van der Waals surface area contributed by atoms with Crippen LogP contribution >= 0.6 is 0 Å². The summed E-state index contributed by atoms with van der Waals surface area (Å²) in [4.78, 5) is 0. The Balaban J connectivity index is 2.82. The van der Waals surface area contributed by atoms with Crippen molar-refractivity contribution in [2.75, 3.05) is 6.54 Å². The first-order valence-corrected chi connectivity index (χ1v) is 5.55. The topological polar surface area (TPSA) is 35.8 Å². The zero-order valence-electron chi connectivity index (χ0n) is 9.95. The lowest BCUT2D eigenvalue weighted by Gasteiger charge is -2.14. The molecule has 1 aromatic rings.